The third-order valence-electron chi connectivity index (χ3n) is 3.29. The van der Waals surface area contributed by atoms with Crippen LogP contribution in [0, 0.1) is 6.92 Å². The minimum atomic E-state index is 0.169. The second kappa shape index (κ2) is 4.93. The highest BCUT2D eigenvalue weighted by Crippen LogP contribution is 2.22. The summed E-state index contributed by atoms with van der Waals surface area (Å²) in [4.78, 5) is 19.1. The summed E-state index contributed by atoms with van der Waals surface area (Å²) >= 11 is 0. The molecule has 0 unspecified atom stereocenters. The lowest BCUT2D eigenvalue weighted by Gasteiger charge is -1.97. The molecule has 1 heterocycles. The third kappa shape index (κ3) is 2.48. The number of aryl methyl sites for hydroxylation is 1. The smallest absolute Gasteiger partial charge is 0.138 e. The molecule has 3 heteroatoms. The normalized spacial score (nSPS) is 10.9. The van der Waals surface area contributed by atoms with Crippen LogP contribution in [0.1, 0.15) is 18.1 Å². The van der Waals surface area contributed by atoms with Crippen molar-refractivity contribution in [1.29, 1.82) is 0 Å². The van der Waals surface area contributed by atoms with Crippen LogP contribution in [0.25, 0.3) is 22.4 Å². The molecule has 0 saturated heterocycles. The first-order valence-electron chi connectivity index (χ1n) is 6.67. The third-order valence-corrected chi connectivity index (χ3v) is 3.29. The fraction of sp³-hybridized carbons (Fsp3) is 0.176. The Morgan fingerprint density at radius 3 is 2.80 bits per heavy atom. The fourth-order valence-corrected chi connectivity index (χ4v) is 2.38. The van der Waals surface area contributed by atoms with Crippen LogP contribution in [0.15, 0.2) is 42.5 Å². The number of nitrogens with one attached hydrogen (secondary N) is 1. The summed E-state index contributed by atoms with van der Waals surface area (Å²) in [5.74, 6) is 1.03. The molecule has 2 aromatic carbocycles. The second-order valence-corrected chi connectivity index (χ2v) is 5.19. The number of aromatic nitrogens is 2. The van der Waals surface area contributed by atoms with Crippen molar-refractivity contribution in [3.05, 3.63) is 53.6 Å². The van der Waals surface area contributed by atoms with Crippen LogP contribution in [-0.4, -0.2) is 15.8 Å². The molecule has 0 amide bonds. The summed E-state index contributed by atoms with van der Waals surface area (Å²) in [5, 5.41) is 0. The quantitative estimate of drug-likeness (QED) is 0.784. The van der Waals surface area contributed by atoms with Gasteiger partial charge in [-0.2, -0.15) is 0 Å². The summed E-state index contributed by atoms with van der Waals surface area (Å²) in [6, 6.07) is 14.2. The van der Waals surface area contributed by atoms with Crippen LogP contribution in [0.2, 0.25) is 0 Å². The van der Waals surface area contributed by atoms with E-state index in [-0.39, 0.29) is 5.78 Å². The molecule has 0 bridgehead atoms. The summed E-state index contributed by atoms with van der Waals surface area (Å²) in [6.45, 7) is 3.67. The number of carbonyl (C=O) groups is 1. The number of imidazole rings is 1. The Morgan fingerprint density at radius 1 is 1.20 bits per heavy atom. The van der Waals surface area contributed by atoms with E-state index in [1.165, 1.54) is 5.56 Å². The lowest BCUT2D eigenvalue weighted by atomic mass is 10.1. The van der Waals surface area contributed by atoms with Gasteiger partial charge in [0.25, 0.3) is 0 Å². The summed E-state index contributed by atoms with van der Waals surface area (Å²) in [6.07, 6.45) is 0.467. The van der Waals surface area contributed by atoms with Gasteiger partial charge in [0, 0.05) is 12.0 Å². The molecule has 0 radical (unpaired) electrons. The molecular formula is C17H16N2O. The van der Waals surface area contributed by atoms with Gasteiger partial charge in [-0.1, -0.05) is 29.8 Å². The zero-order chi connectivity index (χ0) is 14.1. The minimum Gasteiger partial charge on any atom is -0.338 e. The number of rotatable bonds is 3. The second-order valence-electron chi connectivity index (χ2n) is 5.19. The average Bonchev–Trinajstić information content (AvgIpc) is 2.81. The van der Waals surface area contributed by atoms with E-state index in [4.69, 9.17) is 0 Å². The number of benzene rings is 2. The van der Waals surface area contributed by atoms with E-state index in [1.807, 2.05) is 30.3 Å². The first-order chi connectivity index (χ1) is 9.61. The number of hydrogen-bond donors (Lipinski definition) is 1. The van der Waals surface area contributed by atoms with Crippen LogP contribution in [0.5, 0.6) is 0 Å². The van der Waals surface area contributed by atoms with E-state index >= 15 is 0 Å². The molecule has 0 saturated carbocycles. The zero-order valence-electron chi connectivity index (χ0n) is 11.6. The molecule has 0 aliphatic rings. The Kier molecular flexibility index (Phi) is 3.11. The Hall–Kier alpha value is -2.42. The van der Waals surface area contributed by atoms with Gasteiger partial charge in [-0.3, -0.25) is 4.79 Å². The topological polar surface area (TPSA) is 45.8 Å². The lowest BCUT2D eigenvalue weighted by Crippen LogP contribution is -1.95. The lowest BCUT2D eigenvalue weighted by molar-refractivity contribution is -0.116. The molecule has 100 valence electrons. The number of nitrogens with zero attached hydrogens (tertiary/aromatic N) is 1. The Balaban J connectivity index is 2.04. The molecule has 3 nitrogen and oxygen atoms in total. The van der Waals surface area contributed by atoms with Gasteiger partial charge in [-0.15, -0.1) is 0 Å². The number of hydrogen-bond acceptors (Lipinski definition) is 2. The maximum Gasteiger partial charge on any atom is 0.138 e. The fourth-order valence-electron chi connectivity index (χ4n) is 2.38. The highest BCUT2D eigenvalue weighted by molar-refractivity contribution is 5.83. The van der Waals surface area contributed by atoms with Crippen molar-refractivity contribution < 1.29 is 4.79 Å². The van der Waals surface area contributed by atoms with Gasteiger partial charge in [-0.25, -0.2) is 4.98 Å². The standard InChI is InChI=1S/C17H16N2O/c1-11-4-3-5-14(8-11)17-18-15-7-6-13(9-12(2)20)10-16(15)19-17/h3-8,10H,9H2,1-2H3,(H,18,19). The number of fused-ring (bicyclic) bond motifs is 1. The molecule has 0 spiro atoms. The Morgan fingerprint density at radius 2 is 2.05 bits per heavy atom. The molecule has 20 heavy (non-hydrogen) atoms. The minimum absolute atomic E-state index is 0.169. The van der Waals surface area contributed by atoms with E-state index in [1.54, 1.807) is 6.92 Å². The highest BCUT2D eigenvalue weighted by Gasteiger charge is 2.07. The molecule has 1 N–H and O–H groups in total. The summed E-state index contributed by atoms with van der Waals surface area (Å²) in [5.41, 5.74) is 5.20. The van der Waals surface area contributed by atoms with E-state index < -0.39 is 0 Å². The van der Waals surface area contributed by atoms with Gasteiger partial charge < -0.3 is 4.98 Å². The highest BCUT2D eigenvalue weighted by atomic mass is 16.1. The van der Waals surface area contributed by atoms with Crippen LogP contribution in [0.4, 0.5) is 0 Å². The molecule has 3 aromatic rings. The van der Waals surface area contributed by atoms with Crippen LogP contribution in [-0.2, 0) is 11.2 Å². The van der Waals surface area contributed by atoms with Gasteiger partial charge in [0.15, 0.2) is 0 Å². The number of carbonyl (C=O) groups excluding carboxylic acids is 1. The molecule has 0 fully saturated rings. The molecular weight excluding hydrogens is 248 g/mol. The Labute approximate surface area is 117 Å². The van der Waals surface area contributed by atoms with Gasteiger partial charge in [-0.05, 0) is 37.6 Å². The number of Topliss-reactive ketones (excluding diaryl/α,β-unsaturated/α-hetero) is 1. The largest absolute Gasteiger partial charge is 0.338 e. The summed E-state index contributed by atoms with van der Waals surface area (Å²) in [7, 11) is 0. The van der Waals surface area contributed by atoms with Crippen molar-refractivity contribution in [3.63, 3.8) is 0 Å². The zero-order valence-corrected chi connectivity index (χ0v) is 11.6. The predicted octanol–water partition coefficient (Wildman–Crippen LogP) is 3.67. The maximum atomic E-state index is 11.2. The number of ketones is 1. The van der Waals surface area contributed by atoms with Crippen molar-refractivity contribution in [2.45, 2.75) is 20.3 Å². The van der Waals surface area contributed by atoms with Crippen LogP contribution in [0.3, 0.4) is 0 Å². The Bertz CT molecular complexity index is 787. The van der Waals surface area contributed by atoms with Crippen molar-refractivity contribution in [2.75, 3.05) is 0 Å². The van der Waals surface area contributed by atoms with Gasteiger partial charge in [0.1, 0.15) is 11.6 Å². The molecule has 3 rings (SSSR count). The van der Waals surface area contributed by atoms with E-state index in [0.29, 0.717) is 6.42 Å². The molecule has 0 atom stereocenters. The van der Waals surface area contributed by atoms with Crippen molar-refractivity contribution >= 4 is 16.8 Å². The van der Waals surface area contributed by atoms with Crippen LogP contribution < -0.4 is 0 Å². The maximum absolute atomic E-state index is 11.2. The monoisotopic (exact) mass is 264 g/mol. The van der Waals surface area contributed by atoms with Gasteiger partial charge >= 0.3 is 0 Å². The van der Waals surface area contributed by atoms with Crippen molar-refractivity contribution in [3.8, 4) is 11.4 Å². The summed E-state index contributed by atoms with van der Waals surface area (Å²) < 4.78 is 0. The van der Waals surface area contributed by atoms with Gasteiger partial charge in [0.2, 0.25) is 0 Å². The predicted molar refractivity (Wildman–Crippen MR) is 80.7 cm³/mol. The first-order valence-corrected chi connectivity index (χ1v) is 6.67. The van der Waals surface area contributed by atoms with Crippen molar-refractivity contribution in [2.24, 2.45) is 0 Å². The van der Waals surface area contributed by atoms with E-state index in [9.17, 15) is 4.79 Å². The molecule has 1 aromatic heterocycles. The van der Waals surface area contributed by atoms with E-state index in [0.717, 1.165) is 28.0 Å². The average molecular weight is 264 g/mol. The molecule has 0 aliphatic heterocycles. The van der Waals surface area contributed by atoms with E-state index in [2.05, 4.69) is 29.0 Å². The van der Waals surface area contributed by atoms with Crippen LogP contribution >= 0.6 is 0 Å². The van der Waals surface area contributed by atoms with Gasteiger partial charge in [0.05, 0.1) is 11.0 Å². The van der Waals surface area contributed by atoms with Crippen molar-refractivity contribution in [1.82, 2.24) is 9.97 Å². The number of aromatic amines is 1. The SMILES string of the molecule is CC(=O)Cc1ccc2nc(-c3cccc(C)c3)[nH]c2c1. The first kappa shape index (κ1) is 12.6. The number of H-pyrrole nitrogens is 1. The molecule has 0 aliphatic carbocycles.